The number of hydrogen-bond acceptors (Lipinski definition) is 6. The van der Waals surface area contributed by atoms with E-state index in [0.29, 0.717) is 19.3 Å². The van der Waals surface area contributed by atoms with Crippen LogP contribution < -0.4 is 0 Å². The topological polar surface area (TPSA) is 78.9 Å². The highest BCUT2D eigenvalue weighted by Crippen LogP contribution is 2.16. The molecule has 0 heterocycles. The molecule has 0 spiro atoms. The van der Waals surface area contributed by atoms with Gasteiger partial charge in [0.15, 0.2) is 6.10 Å². The van der Waals surface area contributed by atoms with E-state index in [-0.39, 0.29) is 37.5 Å². The maximum atomic E-state index is 12.7. The molecule has 0 aromatic heterocycles. The van der Waals surface area contributed by atoms with Crippen molar-refractivity contribution in [2.45, 2.75) is 264 Å². The van der Waals surface area contributed by atoms with E-state index in [2.05, 4.69) is 69.4 Å². The van der Waals surface area contributed by atoms with Crippen molar-refractivity contribution in [2.75, 3.05) is 13.2 Å². The van der Waals surface area contributed by atoms with Crippen LogP contribution in [-0.4, -0.2) is 37.2 Å². The van der Waals surface area contributed by atoms with Crippen LogP contribution in [0.4, 0.5) is 0 Å². The highest BCUT2D eigenvalue weighted by Gasteiger charge is 2.19. The molecule has 0 aromatic rings. The van der Waals surface area contributed by atoms with Crippen LogP contribution in [0.3, 0.4) is 0 Å². The van der Waals surface area contributed by atoms with Crippen molar-refractivity contribution in [2.24, 2.45) is 0 Å². The molecular weight excluding hydrogens is 745 g/mol. The van der Waals surface area contributed by atoms with E-state index in [1.54, 1.807) is 0 Å². The van der Waals surface area contributed by atoms with E-state index in [1.165, 1.54) is 128 Å². The van der Waals surface area contributed by atoms with Gasteiger partial charge in [-0.25, -0.2) is 0 Å². The van der Waals surface area contributed by atoms with E-state index in [1.807, 2.05) is 0 Å². The molecule has 0 aliphatic carbocycles. The zero-order valence-corrected chi connectivity index (χ0v) is 39.7. The lowest BCUT2D eigenvalue weighted by Crippen LogP contribution is -2.30. The number of ether oxygens (including phenoxy) is 3. The predicted molar refractivity (Wildman–Crippen MR) is 256 cm³/mol. The summed E-state index contributed by atoms with van der Waals surface area (Å²) in [5.41, 5.74) is 0. The smallest absolute Gasteiger partial charge is 0.306 e. The van der Waals surface area contributed by atoms with Gasteiger partial charge >= 0.3 is 17.9 Å². The Balaban J connectivity index is 4.13. The van der Waals surface area contributed by atoms with Gasteiger partial charge in [0.1, 0.15) is 13.2 Å². The van der Waals surface area contributed by atoms with Gasteiger partial charge in [-0.15, -0.1) is 0 Å². The molecule has 6 nitrogen and oxygen atoms in total. The van der Waals surface area contributed by atoms with Crippen LogP contribution in [0.25, 0.3) is 0 Å². The van der Waals surface area contributed by atoms with E-state index >= 15 is 0 Å². The normalized spacial score (nSPS) is 12.4. The van der Waals surface area contributed by atoms with Gasteiger partial charge in [0, 0.05) is 19.3 Å². The molecule has 0 amide bonds. The number of rotatable bonds is 46. The summed E-state index contributed by atoms with van der Waals surface area (Å²) in [5, 5.41) is 0. The molecule has 60 heavy (non-hydrogen) atoms. The van der Waals surface area contributed by atoms with Gasteiger partial charge in [-0.05, 0) is 57.8 Å². The Labute approximate surface area is 371 Å². The van der Waals surface area contributed by atoms with Crippen molar-refractivity contribution >= 4 is 17.9 Å². The molecule has 0 aliphatic rings. The molecule has 0 rings (SSSR count). The lowest BCUT2D eigenvalue weighted by atomic mass is 10.0. The Morgan fingerprint density at radius 3 is 1.02 bits per heavy atom. The van der Waals surface area contributed by atoms with Crippen molar-refractivity contribution in [3.8, 4) is 0 Å². The minimum absolute atomic E-state index is 0.0877. The van der Waals surface area contributed by atoms with Crippen LogP contribution in [0.2, 0.25) is 0 Å². The molecule has 0 aromatic carbocycles. The van der Waals surface area contributed by atoms with Crippen LogP contribution in [0.1, 0.15) is 258 Å². The third-order valence-corrected chi connectivity index (χ3v) is 11.1. The molecule has 0 saturated carbocycles. The van der Waals surface area contributed by atoms with E-state index in [0.717, 1.165) is 83.5 Å². The quantitative estimate of drug-likeness (QED) is 0.0263. The second-order valence-corrected chi connectivity index (χ2v) is 17.1. The first-order valence-electron chi connectivity index (χ1n) is 25.6. The fourth-order valence-electron chi connectivity index (χ4n) is 7.26. The van der Waals surface area contributed by atoms with Crippen molar-refractivity contribution in [1.82, 2.24) is 0 Å². The Morgan fingerprint density at radius 1 is 0.350 bits per heavy atom. The van der Waals surface area contributed by atoms with Crippen LogP contribution in [0.15, 0.2) is 48.6 Å². The van der Waals surface area contributed by atoms with Crippen molar-refractivity contribution in [1.29, 1.82) is 0 Å². The molecule has 0 aliphatic heterocycles. The van der Waals surface area contributed by atoms with Crippen LogP contribution in [0.5, 0.6) is 0 Å². The molecule has 1 unspecified atom stereocenters. The van der Waals surface area contributed by atoms with Gasteiger partial charge in [-0.2, -0.15) is 0 Å². The van der Waals surface area contributed by atoms with E-state index in [9.17, 15) is 14.4 Å². The highest BCUT2D eigenvalue weighted by atomic mass is 16.6. The molecular formula is C54H96O6. The fourth-order valence-corrected chi connectivity index (χ4v) is 7.26. The summed E-state index contributed by atoms with van der Waals surface area (Å²) < 4.78 is 16.6. The van der Waals surface area contributed by atoms with E-state index in [4.69, 9.17) is 14.2 Å². The first-order valence-corrected chi connectivity index (χ1v) is 25.6. The van der Waals surface area contributed by atoms with Crippen LogP contribution in [-0.2, 0) is 28.6 Å². The average molecular weight is 841 g/mol. The highest BCUT2D eigenvalue weighted by molar-refractivity contribution is 5.71. The zero-order chi connectivity index (χ0) is 43.7. The number of carbonyl (C=O) groups is 3. The number of unbranched alkanes of at least 4 members (excludes halogenated alkanes) is 27. The second kappa shape index (κ2) is 49.0. The van der Waals surface area contributed by atoms with Gasteiger partial charge in [0.25, 0.3) is 0 Å². The van der Waals surface area contributed by atoms with Crippen LogP contribution >= 0.6 is 0 Å². The SMILES string of the molecule is CC/C=C\C/C=C\C/C=C\C/C=C\CCCCC(=O)OC(COC(=O)CCCCCCC)COC(=O)CCCCCCCCCCCCCCCCCCCCCCCC. The first kappa shape index (κ1) is 57.4. The molecule has 0 saturated heterocycles. The number of carbonyl (C=O) groups excluding carboxylic acids is 3. The van der Waals surface area contributed by atoms with Crippen molar-refractivity contribution < 1.29 is 28.6 Å². The summed E-state index contributed by atoms with van der Waals surface area (Å²) in [7, 11) is 0. The summed E-state index contributed by atoms with van der Waals surface area (Å²) in [6.45, 7) is 6.42. The molecule has 0 fully saturated rings. The van der Waals surface area contributed by atoms with Crippen molar-refractivity contribution in [3.05, 3.63) is 48.6 Å². The summed E-state index contributed by atoms with van der Waals surface area (Å²) in [6.07, 6.45) is 58.6. The molecule has 0 N–H and O–H groups in total. The lowest BCUT2D eigenvalue weighted by molar-refractivity contribution is -0.167. The zero-order valence-electron chi connectivity index (χ0n) is 39.7. The summed E-state index contributed by atoms with van der Waals surface area (Å²) >= 11 is 0. The fraction of sp³-hybridized carbons (Fsp3) is 0.796. The predicted octanol–water partition coefficient (Wildman–Crippen LogP) is 16.7. The summed E-state index contributed by atoms with van der Waals surface area (Å²) in [5.74, 6) is -0.938. The molecule has 0 radical (unpaired) electrons. The molecule has 348 valence electrons. The number of esters is 3. The van der Waals surface area contributed by atoms with Gasteiger partial charge in [-0.3, -0.25) is 14.4 Å². The van der Waals surface area contributed by atoms with Crippen molar-refractivity contribution in [3.63, 3.8) is 0 Å². The summed E-state index contributed by atoms with van der Waals surface area (Å²) in [4.78, 5) is 37.6. The third-order valence-electron chi connectivity index (χ3n) is 11.1. The maximum absolute atomic E-state index is 12.7. The number of allylic oxidation sites excluding steroid dienone is 8. The second-order valence-electron chi connectivity index (χ2n) is 17.1. The molecule has 6 heteroatoms. The van der Waals surface area contributed by atoms with Gasteiger partial charge < -0.3 is 14.2 Å². The average Bonchev–Trinajstić information content (AvgIpc) is 3.24. The summed E-state index contributed by atoms with van der Waals surface area (Å²) in [6, 6.07) is 0. The minimum Gasteiger partial charge on any atom is -0.462 e. The molecule has 1 atom stereocenters. The van der Waals surface area contributed by atoms with Gasteiger partial charge in [-0.1, -0.05) is 230 Å². The Bertz CT molecular complexity index is 1060. The maximum Gasteiger partial charge on any atom is 0.306 e. The minimum atomic E-state index is -0.788. The Kier molecular flexibility index (Phi) is 46.9. The van der Waals surface area contributed by atoms with E-state index < -0.39 is 6.10 Å². The molecule has 0 bridgehead atoms. The lowest BCUT2D eigenvalue weighted by Gasteiger charge is -2.18. The standard InChI is InChI=1S/C54H96O6/c1-4-7-10-13-15-17-19-21-23-24-25-26-27-28-29-31-32-34-36-38-41-44-47-53(56)59-50-51(49-58-52(55)46-43-40-12-9-6-3)60-54(57)48-45-42-39-37-35-33-30-22-20-18-16-14-11-8-5-2/h8,11,16,18,22,30,35,37,51H,4-7,9-10,12-15,17,19-21,23-29,31-34,36,38-50H2,1-3H3/b11-8-,18-16-,30-22-,37-35-. The third kappa shape index (κ3) is 46.4. The number of hydrogen-bond donors (Lipinski definition) is 0. The van der Waals surface area contributed by atoms with Gasteiger partial charge in [0.2, 0.25) is 0 Å². The van der Waals surface area contributed by atoms with Crippen LogP contribution in [0, 0.1) is 0 Å². The monoisotopic (exact) mass is 841 g/mol. The van der Waals surface area contributed by atoms with Gasteiger partial charge in [0.05, 0.1) is 0 Å². The largest absolute Gasteiger partial charge is 0.462 e. The Hall–Kier alpha value is -2.63. The first-order chi connectivity index (χ1) is 29.5. The Morgan fingerprint density at radius 2 is 0.650 bits per heavy atom.